The zero-order chi connectivity index (χ0) is 87.9. The number of fused-ring (bicyclic) bond motifs is 4. The number of sulfonamides is 1. The van der Waals surface area contributed by atoms with Crippen molar-refractivity contribution in [2.45, 2.75) is 101 Å². The molecule has 0 fully saturated rings. The number of nitrogens with one attached hydrogen (secondary N) is 8. The first kappa shape index (κ1) is 87.0. The van der Waals surface area contributed by atoms with E-state index in [1.807, 2.05) is 0 Å². The number of aromatic amines is 4. The molecule has 9 heterocycles. The first-order valence-corrected chi connectivity index (χ1v) is 45.8. The van der Waals surface area contributed by atoms with Crippen molar-refractivity contribution < 1.29 is 74.4 Å². The van der Waals surface area contributed by atoms with Crippen molar-refractivity contribution in [1.29, 1.82) is 0 Å². The molecule has 0 aliphatic rings. The Kier molecular flexibility index (Phi) is 25.7. The molecular formula is C86H96ClN17O14S5. The molecule has 0 saturated carbocycles. The number of hydrogen-bond donors (Lipinski definition) is 9. The number of carbonyl (C=O) groups is 3. The molecule has 123 heavy (non-hydrogen) atoms. The zero-order valence-corrected chi connectivity index (χ0v) is 71.5. The van der Waals surface area contributed by atoms with Gasteiger partial charge in [-0.15, -0.1) is 0 Å². The van der Waals surface area contributed by atoms with E-state index in [1.54, 1.807) is 251 Å². The van der Waals surface area contributed by atoms with E-state index in [0.717, 1.165) is 5.56 Å². The monoisotopic (exact) mass is 1790 g/mol. The number of rotatable bonds is 21. The molecule has 16 aromatic rings. The molecule has 0 saturated heterocycles. The van der Waals surface area contributed by atoms with Gasteiger partial charge in [0.15, 0.2) is 61.9 Å². The molecule has 7 aromatic carbocycles. The number of benzene rings is 7. The average molecular weight is 1790 g/mol. The van der Waals surface area contributed by atoms with Crippen molar-refractivity contribution in [3.8, 4) is 50.8 Å². The Morgan fingerprint density at radius 3 is 0.902 bits per heavy atom. The Balaban J connectivity index is 0.000000360. The van der Waals surface area contributed by atoms with Crippen molar-refractivity contribution in [2.75, 3.05) is 20.7 Å². The van der Waals surface area contributed by atoms with Gasteiger partial charge in [-0.25, -0.2) is 82.0 Å². The van der Waals surface area contributed by atoms with Crippen molar-refractivity contribution in [1.82, 2.24) is 64.8 Å². The van der Waals surface area contributed by atoms with E-state index in [2.05, 4.69) is 85.5 Å². The third-order valence-corrected chi connectivity index (χ3v) is 29.5. The zero-order valence-electron chi connectivity index (χ0n) is 66.7. The summed E-state index contributed by atoms with van der Waals surface area (Å²) in [6.07, 6.45) is 15.8. The number of amides is 3. The molecule has 646 valence electrons. The minimum Gasteiger partial charge on any atom is -0.508 e. The second-order valence-corrected chi connectivity index (χ2v) is 40.8. The van der Waals surface area contributed by atoms with Crippen LogP contribution in [0.15, 0.2) is 275 Å². The first-order valence-electron chi connectivity index (χ1n) is 37.8. The fourth-order valence-corrected chi connectivity index (χ4v) is 17.4. The number of nitrogens with zero attached hydrogens (tertiary/aromatic N) is 9. The molecule has 9 N–H and O–H groups in total. The topological polar surface area (TPSA) is 469 Å². The summed E-state index contributed by atoms with van der Waals surface area (Å²) in [7, 11) is -17.2. The standard InChI is InChI=1S/C22H19ClN4O3S.C22H20N4O4S.C21H19N5O3S.C21H20N4O4S2.9H2/c1-13(2)31(29,30)17-9-5-14(6-10-17)18-11-24-21-20(26-18)19(12-25-21)27-22(28)15-3-7-16(23)8-4-15;1-13(2)31(29,30)17-9-5-14(6-10-17)18-11-23-21-20(25-18)19(12-24-21)26-22(28)15-3-7-16(27)8-4-15;1-13(2)30(28,29)16-5-3-14(4-6-16)17-11-23-20-19(25-17)18(12-24-20)26-21(27)15-7-9-22-10-8-15;1-14(2)30(26,27)16-10-8-15(9-11-16)18-12-22-21-20(24-18)19(13-23-21)25-31(28,29)17-6-4-3-5-7-17;;;;;;;;;/h3-13H,1-2H3,(H,24,25)(H,27,28);3-13,27H,1-2H3,(H,23,24)(H,26,28);3-13H,1-2H3,(H,23,24)(H,26,27);3-14,25H,1-2H3,(H,22,23);9*1H. The van der Waals surface area contributed by atoms with E-state index in [-0.39, 0.29) is 66.5 Å². The van der Waals surface area contributed by atoms with E-state index in [0.29, 0.717) is 123 Å². The lowest BCUT2D eigenvalue weighted by atomic mass is 10.1. The Morgan fingerprint density at radius 1 is 0.341 bits per heavy atom. The number of hydrogen-bond acceptors (Lipinski definition) is 23. The van der Waals surface area contributed by atoms with Crippen LogP contribution in [0.4, 0.5) is 22.7 Å². The van der Waals surface area contributed by atoms with Gasteiger partial charge < -0.3 is 41.0 Å². The molecule has 0 spiro atoms. The number of anilines is 4. The second-order valence-electron chi connectivity index (χ2n) is 28.7. The van der Waals surface area contributed by atoms with Crippen LogP contribution >= 0.6 is 11.6 Å². The van der Waals surface area contributed by atoms with Gasteiger partial charge in [-0.2, -0.15) is 0 Å². The SMILES string of the molecule is CC(C)S(=O)(=O)c1ccc(-c2cnc3[nH]cc(NC(=O)c4ccc(Cl)cc4)c3n2)cc1.CC(C)S(=O)(=O)c1ccc(-c2cnc3[nH]cc(NC(=O)c4ccc(O)cc4)c3n2)cc1.CC(C)S(=O)(=O)c1ccc(-c2cnc3[nH]cc(NC(=O)c4ccncc4)c3n2)cc1.CC(C)S(=O)(=O)c1ccc(-c2cnc3[nH]cc(NS(=O)(=O)c4ccccc4)c3n2)cc1.[HH].[HH].[HH].[HH].[HH].[HH].[HH].[HH].[HH]. The molecule has 9 aromatic heterocycles. The number of H-pyrrole nitrogens is 4. The fourth-order valence-electron chi connectivity index (χ4n) is 11.9. The molecule has 0 bridgehead atoms. The van der Waals surface area contributed by atoms with E-state index < -0.39 is 70.4 Å². The summed E-state index contributed by atoms with van der Waals surface area (Å²) in [5.74, 6) is -0.857. The third-order valence-electron chi connectivity index (χ3n) is 19.1. The van der Waals surface area contributed by atoms with Crippen molar-refractivity contribution in [2.24, 2.45) is 0 Å². The van der Waals surface area contributed by atoms with Crippen LogP contribution in [-0.4, -0.2) is 151 Å². The van der Waals surface area contributed by atoms with Crippen LogP contribution < -0.4 is 20.7 Å². The van der Waals surface area contributed by atoms with E-state index >= 15 is 0 Å². The van der Waals surface area contributed by atoms with Gasteiger partial charge in [0.1, 0.15) is 27.8 Å². The highest BCUT2D eigenvalue weighted by molar-refractivity contribution is 7.93. The maximum Gasteiger partial charge on any atom is 0.262 e. The maximum atomic E-state index is 12.7. The highest BCUT2D eigenvalue weighted by Crippen LogP contribution is 2.33. The number of carbonyl (C=O) groups excluding carboxylic acids is 3. The van der Waals surface area contributed by atoms with Crippen LogP contribution in [-0.2, 0) is 49.4 Å². The number of aromatic nitrogens is 13. The summed E-state index contributed by atoms with van der Waals surface area (Å²) in [6, 6.07) is 49.7. The molecule has 16 rings (SSSR count). The number of pyridine rings is 1. The Labute approximate surface area is 724 Å². The smallest absolute Gasteiger partial charge is 0.262 e. The highest BCUT2D eigenvalue weighted by Gasteiger charge is 2.26. The second kappa shape index (κ2) is 36.3. The largest absolute Gasteiger partial charge is 0.508 e. The Hall–Kier alpha value is -13.8. The molecule has 0 unspecified atom stereocenters. The average Bonchev–Trinajstić information content (AvgIpc) is 1.36. The predicted octanol–water partition coefficient (Wildman–Crippen LogP) is 17.8. The normalized spacial score (nSPS) is 11.9. The maximum absolute atomic E-state index is 12.7. The minimum atomic E-state index is -3.79. The van der Waals surface area contributed by atoms with E-state index in [4.69, 9.17) is 11.6 Å². The summed E-state index contributed by atoms with van der Waals surface area (Å²) in [6.45, 7) is 13.1. The molecule has 0 aliphatic carbocycles. The van der Waals surface area contributed by atoms with Gasteiger partial charge in [-0.05, 0) is 177 Å². The van der Waals surface area contributed by atoms with E-state index in [9.17, 15) is 61.6 Å². The predicted molar refractivity (Wildman–Crippen MR) is 491 cm³/mol. The summed E-state index contributed by atoms with van der Waals surface area (Å²) >= 11 is 5.87. The van der Waals surface area contributed by atoms with Crippen LogP contribution in [0.25, 0.3) is 89.7 Å². The first-order chi connectivity index (χ1) is 58.5. The van der Waals surface area contributed by atoms with Gasteiger partial charge in [0.25, 0.3) is 27.7 Å². The molecule has 37 heteroatoms. The lowest BCUT2D eigenvalue weighted by molar-refractivity contribution is 0.101. The van der Waals surface area contributed by atoms with Gasteiger partial charge in [0.2, 0.25) is 0 Å². The van der Waals surface area contributed by atoms with Crippen molar-refractivity contribution >= 4 is 146 Å². The molecule has 3 amide bonds. The van der Waals surface area contributed by atoms with Crippen molar-refractivity contribution in [3.05, 3.63) is 272 Å². The summed E-state index contributed by atoms with van der Waals surface area (Å²) < 4.78 is 126. The molecular weight excluding hydrogens is 1690 g/mol. The van der Waals surface area contributed by atoms with Crippen molar-refractivity contribution in [3.63, 3.8) is 0 Å². The van der Waals surface area contributed by atoms with E-state index in [1.165, 1.54) is 54.7 Å². The number of phenols is 1. The minimum absolute atomic E-state index is 0. The number of sulfone groups is 4. The lowest BCUT2D eigenvalue weighted by Gasteiger charge is -2.09. The van der Waals surface area contributed by atoms with Gasteiger partial charge in [-0.1, -0.05) is 78.3 Å². The molecule has 0 radical (unpaired) electrons. The summed E-state index contributed by atoms with van der Waals surface area (Å²) in [5.41, 5.74) is 11.8. The number of halogens is 1. The van der Waals surface area contributed by atoms with Gasteiger partial charge in [0, 0.05) is 94.0 Å². The van der Waals surface area contributed by atoms with Crippen LogP contribution in [0.3, 0.4) is 0 Å². The quantitative estimate of drug-likeness (QED) is 0.0323. The lowest BCUT2D eigenvalue weighted by Crippen LogP contribution is -2.13. The molecule has 31 nitrogen and oxygen atoms in total. The molecule has 0 aliphatic heterocycles. The Bertz CT molecular complexity index is 7050. The third kappa shape index (κ3) is 19.7. The van der Waals surface area contributed by atoms with Crippen LogP contribution in [0.2, 0.25) is 5.02 Å². The molecule has 0 atom stereocenters. The number of aromatic hydroxyl groups is 1. The fraction of sp³-hybridized carbons (Fsp3) is 0.140. The van der Waals surface area contributed by atoms with Gasteiger partial charge in [-0.3, -0.25) is 24.1 Å². The van der Waals surface area contributed by atoms with Gasteiger partial charge >= 0.3 is 0 Å². The highest BCUT2D eigenvalue weighted by atomic mass is 35.5. The summed E-state index contributed by atoms with van der Waals surface area (Å²) in [4.78, 5) is 90.1. The summed E-state index contributed by atoms with van der Waals surface area (Å²) in [5, 5.41) is 16.3. The Morgan fingerprint density at radius 2 is 0.610 bits per heavy atom. The van der Waals surface area contributed by atoms with Crippen LogP contribution in [0, 0.1) is 0 Å². The van der Waals surface area contributed by atoms with Crippen LogP contribution in [0.1, 0.15) is 99.3 Å². The number of phenolic OH excluding ortho intramolecular Hbond substituents is 1. The van der Waals surface area contributed by atoms with Crippen LogP contribution in [0.5, 0.6) is 5.75 Å². The van der Waals surface area contributed by atoms with Gasteiger partial charge in [0.05, 0.1) is 116 Å².